The molecule has 0 spiro atoms. The molecule has 1 aliphatic rings. The van der Waals surface area contributed by atoms with Crippen molar-refractivity contribution in [2.45, 2.75) is 31.3 Å². The van der Waals surface area contributed by atoms with Gasteiger partial charge in [-0.1, -0.05) is 0 Å². The molecule has 1 aliphatic carbocycles. The number of hydrogen-bond acceptors (Lipinski definition) is 0. The van der Waals surface area contributed by atoms with Crippen molar-refractivity contribution in [2.24, 2.45) is 0 Å². The van der Waals surface area contributed by atoms with E-state index in [1.165, 1.54) is 25.7 Å². The Morgan fingerprint density at radius 2 is 1.57 bits per heavy atom. The number of hydrogen-bond donors (Lipinski definition) is 0. The Hall–Kier alpha value is -0.350. The van der Waals surface area contributed by atoms with Gasteiger partial charge in [-0.2, -0.15) is 0 Å². The van der Waals surface area contributed by atoms with Crippen LogP contribution in [0.1, 0.15) is 25.7 Å². The molecule has 78 valence electrons. The molecule has 1 fully saturated rings. The van der Waals surface area contributed by atoms with Crippen molar-refractivity contribution >= 4 is 12.6 Å². The molecule has 1 aromatic carbocycles. The predicted molar refractivity (Wildman–Crippen MR) is 68.5 cm³/mol. The summed E-state index contributed by atoms with van der Waals surface area (Å²) in [7, 11) is -1.15. The Morgan fingerprint density at radius 1 is 1.00 bits per heavy atom. The van der Waals surface area contributed by atoms with E-state index in [0.717, 1.165) is 5.66 Å². The predicted octanol–water partition coefficient (Wildman–Crippen LogP) is 3.26. The Bertz CT molecular complexity index is 283. The second-order valence-corrected chi connectivity index (χ2v) is 9.91. The van der Waals surface area contributed by atoms with Crippen LogP contribution in [0.3, 0.4) is 0 Å². The van der Waals surface area contributed by atoms with Gasteiger partial charge in [-0.05, 0) is 0 Å². The Labute approximate surface area is 88.1 Å². The van der Waals surface area contributed by atoms with Gasteiger partial charge in [0.1, 0.15) is 0 Å². The van der Waals surface area contributed by atoms with Gasteiger partial charge < -0.3 is 0 Å². The molecular formula is C13H21P. The monoisotopic (exact) mass is 208 g/mol. The van der Waals surface area contributed by atoms with Crippen molar-refractivity contribution in [3.63, 3.8) is 0 Å². The summed E-state index contributed by atoms with van der Waals surface area (Å²) in [4.78, 5) is 0. The summed E-state index contributed by atoms with van der Waals surface area (Å²) < 4.78 is 0. The molecule has 2 rings (SSSR count). The molecule has 0 saturated heterocycles. The molecule has 0 amide bonds. The molecule has 1 heteroatoms. The van der Waals surface area contributed by atoms with Gasteiger partial charge in [-0.3, -0.25) is 0 Å². The quantitative estimate of drug-likeness (QED) is 0.654. The van der Waals surface area contributed by atoms with E-state index in [4.69, 9.17) is 0 Å². The molecular weight excluding hydrogens is 187 g/mol. The van der Waals surface area contributed by atoms with E-state index in [1.807, 2.05) is 0 Å². The molecule has 0 unspecified atom stereocenters. The van der Waals surface area contributed by atoms with Gasteiger partial charge in [-0.25, -0.2) is 0 Å². The van der Waals surface area contributed by atoms with Crippen LogP contribution in [0.5, 0.6) is 0 Å². The van der Waals surface area contributed by atoms with Crippen molar-refractivity contribution < 1.29 is 0 Å². The summed E-state index contributed by atoms with van der Waals surface area (Å²) in [6.45, 7) is 5.08. The van der Waals surface area contributed by atoms with Gasteiger partial charge in [0.2, 0.25) is 0 Å². The van der Waals surface area contributed by atoms with Gasteiger partial charge in [0, 0.05) is 0 Å². The first-order valence-corrected chi connectivity index (χ1v) is 8.84. The third-order valence-electron chi connectivity index (χ3n) is 3.89. The molecule has 0 atom stereocenters. The van der Waals surface area contributed by atoms with Gasteiger partial charge >= 0.3 is 87.6 Å². The van der Waals surface area contributed by atoms with Crippen LogP contribution in [0.15, 0.2) is 30.3 Å². The third kappa shape index (κ3) is 1.86. The van der Waals surface area contributed by atoms with Crippen molar-refractivity contribution in [3.8, 4) is 0 Å². The van der Waals surface area contributed by atoms with Crippen molar-refractivity contribution in [3.05, 3.63) is 30.3 Å². The van der Waals surface area contributed by atoms with Gasteiger partial charge in [0.25, 0.3) is 0 Å². The first kappa shape index (κ1) is 10.2. The van der Waals surface area contributed by atoms with E-state index in [9.17, 15) is 0 Å². The maximum atomic E-state index is 2.54. The van der Waals surface area contributed by atoms with Gasteiger partial charge in [0.15, 0.2) is 0 Å². The molecule has 0 nitrogen and oxygen atoms in total. The molecule has 0 aromatic heterocycles. The molecule has 1 aromatic rings. The molecule has 14 heavy (non-hydrogen) atoms. The summed E-state index contributed by atoms with van der Waals surface area (Å²) >= 11 is 0. The summed E-state index contributed by atoms with van der Waals surface area (Å²) in [5.41, 5.74) is 1.03. The summed E-state index contributed by atoms with van der Waals surface area (Å²) in [6.07, 6.45) is 5.89. The average molecular weight is 208 g/mol. The van der Waals surface area contributed by atoms with E-state index in [0.29, 0.717) is 0 Å². The fourth-order valence-corrected chi connectivity index (χ4v) is 6.13. The summed E-state index contributed by atoms with van der Waals surface area (Å²) in [5, 5.41) is 1.65. The first-order chi connectivity index (χ1) is 6.71. The normalized spacial score (nSPS) is 19.9. The first-order valence-electron chi connectivity index (χ1n) is 5.77. The Morgan fingerprint density at radius 3 is 2.14 bits per heavy atom. The van der Waals surface area contributed by atoms with E-state index >= 15 is 0 Å². The molecule has 0 bridgehead atoms. The van der Waals surface area contributed by atoms with E-state index < -0.39 is 7.26 Å². The van der Waals surface area contributed by atoms with Crippen molar-refractivity contribution in [1.29, 1.82) is 0 Å². The molecule has 1 saturated carbocycles. The number of benzene rings is 1. The van der Waals surface area contributed by atoms with Crippen LogP contribution < -0.4 is 5.30 Å². The zero-order valence-corrected chi connectivity index (χ0v) is 10.3. The Balaban J connectivity index is 2.22. The average Bonchev–Trinajstić information content (AvgIpc) is 2.72. The summed E-state index contributed by atoms with van der Waals surface area (Å²) in [5.74, 6) is 0. The maximum absolute atomic E-state index is 2.54. The van der Waals surface area contributed by atoms with E-state index in [2.05, 4.69) is 43.7 Å². The molecule has 0 N–H and O–H groups in total. The van der Waals surface area contributed by atoms with Crippen molar-refractivity contribution in [2.75, 3.05) is 13.3 Å². The van der Waals surface area contributed by atoms with Crippen LogP contribution in [0, 0.1) is 0 Å². The zero-order valence-electron chi connectivity index (χ0n) is 9.29. The van der Waals surface area contributed by atoms with Crippen LogP contribution >= 0.6 is 7.26 Å². The minimum absolute atomic E-state index is 1.03. The van der Waals surface area contributed by atoms with Crippen LogP contribution in [-0.4, -0.2) is 19.0 Å². The molecule has 0 radical (unpaired) electrons. The van der Waals surface area contributed by atoms with Crippen molar-refractivity contribution in [1.82, 2.24) is 0 Å². The second-order valence-electron chi connectivity index (χ2n) is 5.07. The Kier molecular flexibility index (Phi) is 2.93. The number of rotatable bonds is 2. The zero-order chi connectivity index (χ0) is 10.0. The van der Waals surface area contributed by atoms with Crippen LogP contribution in [0.4, 0.5) is 0 Å². The van der Waals surface area contributed by atoms with E-state index in [1.54, 1.807) is 5.30 Å². The van der Waals surface area contributed by atoms with Crippen LogP contribution in [0.2, 0.25) is 0 Å². The summed E-state index contributed by atoms with van der Waals surface area (Å²) in [6, 6.07) is 11.2. The molecule has 0 aliphatic heterocycles. The second kappa shape index (κ2) is 4.03. The fourth-order valence-electron chi connectivity index (χ4n) is 2.75. The van der Waals surface area contributed by atoms with Gasteiger partial charge in [0.05, 0.1) is 0 Å². The van der Waals surface area contributed by atoms with E-state index in [-0.39, 0.29) is 0 Å². The fraction of sp³-hybridized carbons (Fsp3) is 0.538. The topological polar surface area (TPSA) is 0 Å². The van der Waals surface area contributed by atoms with Crippen LogP contribution in [-0.2, 0) is 0 Å². The minimum atomic E-state index is -1.15. The third-order valence-corrected chi connectivity index (χ3v) is 8.33. The molecule has 0 heterocycles. The van der Waals surface area contributed by atoms with Crippen LogP contribution in [0.25, 0.3) is 0 Å². The van der Waals surface area contributed by atoms with Gasteiger partial charge in [-0.15, -0.1) is 0 Å². The SMILES string of the molecule is C[PH](C)(c1ccccc1)C1CCCC1. The standard InChI is InChI=1S/C13H21P/c1-14(2,13-10-6-7-11-13)12-8-4-3-5-9-12/h3-5,8-9,13-14H,6-7,10-11H2,1-2H3.